The number of amides is 1. The summed E-state index contributed by atoms with van der Waals surface area (Å²) in [7, 11) is 1.59. The summed E-state index contributed by atoms with van der Waals surface area (Å²) in [5.74, 6) is 0.791. The summed E-state index contributed by atoms with van der Waals surface area (Å²) in [6.45, 7) is 4.14. The van der Waals surface area contributed by atoms with Crippen LogP contribution in [-0.4, -0.2) is 38.4 Å². The molecule has 1 aromatic carbocycles. The number of aromatic nitrogens is 4. The summed E-state index contributed by atoms with van der Waals surface area (Å²) >= 11 is 2.98. The molecule has 0 aliphatic carbocycles. The normalized spacial score (nSPS) is 11.2. The Labute approximate surface area is 163 Å². The van der Waals surface area contributed by atoms with E-state index in [9.17, 15) is 4.79 Å². The molecular formula is C18H17N5O2S2. The van der Waals surface area contributed by atoms with E-state index in [1.54, 1.807) is 30.8 Å². The van der Waals surface area contributed by atoms with Gasteiger partial charge in [-0.3, -0.25) is 9.20 Å². The van der Waals surface area contributed by atoms with E-state index in [4.69, 9.17) is 4.74 Å². The van der Waals surface area contributed by atoms with Crippen LogP contribution in [0.15, 0.2) is 35.7 Å². The molecule has 1 N–H and O–H groups in total. The molecule has 0 fully saturated rings. The predicted octanol–water partition coefficient (Wildman–Crippen LogP) is 3.70. The van der Waals surface area contributed by atoms with Gasteiger partial charge in [0.05, 0.1) is 18.2 Å². The SMILES string of the molecule is COc1cccc(NC(=O)CSc2nnc3c4c(C)c(C)sc4ncn23)c1. The number of benzene rings is 1. The van der Waals surface area contributed by atoms with Crippen LogP contribution in [-0.2, 0) is 4.79 Å². The second kappa shape index (κ2) is 7.16. The monoisotopic (exact) mass is 399 g/mol. The summed E-state index contributed by atoms with van der Waals surface area (Å²) < 4.78 is 7.00. The molecular weight excluding hydrogens is 382 g/mol. The standard InChI is InChI=1S/C18H17N5O2S2/c1-10-11(2)27-17-15(10)16-21-22-18(23(16)9-19-17)26-8-14(24)20-12-5-4-6-13(7-12)25-3/h4-7,9H,8H2,1-3H3,(H,20,24). The van der Waals surface area contributed by atoms with Crippen molar-refractivity contribution in [3.05, 3.63) is 41.0 Å². The first-order chi connectivity index (χ1) is 13.1. The Morgan fingerprint density at radius 1 is 1.33 bits per heavy atom. The van der Waals surface area contributed by atoms with Crippen molar-refractivity contribution < 1.29 is 9.53 Å². The number of thioether (sulfide) groups is 1. The quantitative estimate of drug-likeness (QED) is 0.516. The summed E-state index contributed by atoms with van der Waals surface area (Å²) in [4.78, 5) is 19.0. The number of fused-ring (bicyclic) bond motifs is 3. The van der Waals surface area contributed by atoms with E-state index in [-0.39, 0.29) is 11.7 Å². The highest BCUT2D eigenvalue weighted by Crippen LogP contribution is 2.32. The van der Waals surface area contributed by atoms with Gasteiger partial charge in [-0.15, -0.1) is 21.5 Å². The Bertz CT molecular complexity index is 1150. The van der Waals surface area contributed by atoms with Crippen molar-refractivity contribution in [2.24, 2.45) is 0 Å². The number of hydrogen-bond donors (Lipinski definition) is 1. The average Bonchev–Trinajstić information content (AvgIpc) is 3.21. The first-order valence-corrected chi connectivity index (χ1v) is 10.0. The summed E-state index contributed by atoms with van der Waals surface area (Å²) in [5, 5.41) is 13.1. The maximum atomic E-state index is 12.3. The third-order valence-corrected chi connectivity index (χ3v) is 6.29. The average molecular weight is 400 g/mol. The number of carbonyl (C=O) groups is 1. The second-order valence-electron chi connectivity index (χ2n) is 5.95. The van der Waals surface area contributed by atoms with Crippen LogP contribution in [0.5, 0.6) is 5.75 Å². The van der Waals surface area contributed by atoms with Crippen LogP contribution >= 0.6 is 23.1 Å². The van der Waals surface area contributed by atoms with Gasteiger partial charge in [0.1, 0.15) is 16.9 Å². The van der Waals surface area contributed by atoms with Gasteiger partial charge in [0.2, 0.25) is 5.91 Å². The van der Waals surface area contributed by atoms with Gasteiger partial charge in [-0.1, -0.05) is 17.8 Å². The lowest BCUT2D eigenvalue weighted by molar-refractivity contribution is -0.113. The van der Waals surface area contributed by atoms with E-state index in [0.717, 1.165) is 15.9 Å². The zero-order chi connectivity index (χ0) is 19.0. The third-order valence-electron chi connectivity index (χ3n) is 4.23. The van der Waals surface area contributed by atoms with Gasteiger partial charge >= 0.3 is 0 Å². The Morgan fingerprint density at radius 3 is 3.00 bits per heavy atom. The fourth-order valence-corrected chi connectivity index (χ4v) is 4.45. The van der Waals surface area contributed by atoms with Crippen LogP contribution in [0, 0.1) is 13.8 Å². The molecule has 0 spiro atoms. The van der Waals surface area contributed by atoms with Gasteiger partial charge < -0.3 is 10.1 Å². The summed E-state index contributed by atoms with van der Waals surface area (Å²) in [6.07, 6.45) is 1.72. The minimum absolute atomic E-state index is 0.124. The number of ether oxygens (including phenoxy) is 1. The first-order valence-electron chi connectivity index (χ1n) is 8.23. The zero-order valence-electron chi connectivity index (χ0n) is 15.0. The van der Waals surface area contributed by atoms with Crippen molar-refractivity contribution in [3.63, 3.8) is 0 Å². The molecule has 4 rings (SSSR count). The summed E-state index contributed by atoms with van der Waals surface area (Å²) in [6, 6.07) is 7.25. The fraction of sp³-hybridized carbons (Fsp3) is 0.222. The van der Waals surface area contributed by atoms with Crippen LogP contribution in [0.1, 0.15) is 10.4 Å². The van der Waals surface area contributed by atoms with Gasteiger partial charge in [-0.25, -0.2) is 4.98 Å². The lowest BCUT2D eigenvalue weighted by atomic mass is 10.2. The van der Waals surface area contributed by atoms with E-state index < -0.39 is 0 Å². The molecule has 7 nitrogen and oxygen atoms in total. The largest absolute Gasteiger partial charge is 0.497 e. The predicted molar refractivity (Wildman–Crippen MR) is 108 cm³/mol. The van der Waals surface area contributed by atoms with E-state index in [2.05, 4.69) is 34.3 Å². The van der Waals surface area contributed by atoms with Gasteiger partial charge in [-0.05, 0) is 31.5 Å². The minimum atomic E-state index is -0.124. The highest BCUT2D eigenvalue weighted by atomic mass is 32.2. The Kier molecular flexibility index (Phi) is 4.71. The van der Waals surface area contributed by atoms with E-state index in [1.807, 2.05) is 22.6 Å². The highest BCUT2D eigenvalue weighted by Gasteiger charge is 2.16. The number of carbonyl (C=O) groups excluding carboxylic acids is 1. The molecule has 0 saturated heterocycles. The Hall–Kier alpha value is -2.65. The van der Waals surface area contributed by atoms with E-state index >= 15 is 0 Å². The first kappa shape index (κ1) is 17.7. The van der Waals surface area contributed by atoms with Crippen LogP contribution < -0.4 is 10.1 Å². The molecule has 0 atom stereocenters. The maximum Gasteiger partial charge on any atom is 0.234 e. The second-order valence-corrected chi connectivity index (χ2v) is 8.10. The molecule has 3 aromatic heterocycles. The lowest BCUT2D eigenvalue weighted by Gasteiger charge is -2.06. The van der Waals surface area contributed by atoms with Crippen molar-refractivity contribution in [2.45, 2.75) is 19.0 Å². The molecule has 4 aromatic rings. The lowest BCUT2D eigenvalue weighted by Crippen LogP contribution is -2.14. The number of anilines is 1. The van der Waals surface area contributed by atoms with Crippen molar-refractivity contribution in [3.8, 4) is 5.75 Å². The molecule has 0 radical (unpaired) electrons. The van der Waals surface area contributed by atoms with Crippen LogP contribution in [0.25, 0.3) is 15.9 Å². The van der Waals surface area contributed by atoms with E-state index in [1.165, 1.54) is 22.2 Å². The van der Waals surface area contributed by atoms with Gasteiger partial charge in [-0.2, -0.15) is 0 Å². The zero-order valence-corrected chi connectivity index (χ0v) is 16.6. The molecule has 9 heteroatoms. The molecule has 0 unspecified atom stereocenters. The molecule has 0 bridgehead atoms. The smallest absolute Gasteiger partial charge is 0.234 e. The van der Waals surface area contributed by atoms with Gasteiger partial charge in [0.25, 0.3) is 0 Å². The van der Waals surface area contributed by atoms with Crippen LogP contribution in [0.2, 0.25) is 0 Å². The number of aryl methyl sites for hydroxylation is 2. The fourth-order valence-electron chi connectivity index (χ4n) is 2.75. The van der Waals surface area contributed by atoms with Crippen molar-refractivity contribution in [1.29, 1.82) is 0 Å². The number of hydrogen-bond acceptors (Lipinski definition) is 7. The van der Waals surface area contributed by atoms with Crippen LogP contribution in [0.3, 0.4) is 0 Å². The number of rotatable bonds is 5. The molecule has 138 valence electrons. The van der Waals surface area contributed by atoms with Crippen LogP contribution in [0.4, 0.5) is 5.69 Å². The molecule has 0 aliphatic rings. The number of thiophene rings is 1. The number of nitrogens with zero attached hydrogens (tertiary/aromatic N) is 4. The summed E-state index contributed by atoms with van der Waals surface area (Å²) in [5.41, 5.74) is 2.64. The Morgan fingerprint density at radius 2 is 2.19 bits per heavy atom. The third kappa shape index (κ3) is 3.35. The van der Waals surface area contributed by atoms with Gasteiger partial charge in [0.15, 0.2) is 10.8 Å². The van der Waals surface area contributed by atoms with Crippen molar-refractivity contribution in [1.82, 2.24) is 19.6 Å². The Balaban J connectivity index is 1.52. The van der Waals surface area contributed by atoms with E-state index in [0.29, 0.717) is 16.6 Å². The minimum Gasteiger partial charge on any atom is -0.497 e. The molecule has 27 heavy (non-hydrogen) atoms. The van der Waals surface area contributed by atoms with Crippen molar-refractivity contribution in [2.75, 3.05) is 18.2 Å². The number of methoxy groups -OCH3 is 1. The van der Waals surface area contributed by atoms with Gasteiger partial charge in [0, 0.05) is 16.6 Å². The van der Waals surface area contributed by atoms with Crippen molar-refractivity contribution >= 4 is 50.6 Å². The molecule has 3 heterocycles. The molecule has 0 aliphatic heterocycles. The maximum absolute atomic E-state index is 12.3. The highest BCUT2D eigenvalue weighted by molar-refractivity contribution is 7.99. The number of nitrogens with one attached hydrogen (secondary N) is 1. The topological polar surface area (TPSA) is 81.4 Å². The molecule has 0 saturated carbocycles. The molecule has 1 amide bonds.